The molecule has 0 unspecified atom stereocenters. The Kier molecular flexibility index (Phi) is 5.61. The van der Waals surface area contributed by atoms with Crippen LogP contribution in [0, 0.1) is 0 Å². The number of anilines is 2. The van der Waals surface area contributed by atoms with E-state index in [1.807, 2.05) is 18.2 Å². The fraction of sp³-hybridized carbons (Fsp3) is 0.375. The van der Waals surface area contributed by atoms with Crippen molar-refractivity contribution in [1.29, 1.82) is 0 Å². The van der Waals surface area contributed by atoms with Crippen molar-refractivity contribution in [3.63, 3.8) is 0 Å². The van der Waals surface area contributed by atoms with Gasteiger partial charge in [-0.1, -0.05) is 6.92 Å². The van der Waals surface area contributed by atoms with E-state index in [1.54, 1.807) is 11.3 Å². The van der Waals surface area contributed by atoms with Gasteiger partial charge in [0.05, 0.1) is 6.61 Å². The Morgan fingerprint density at radius 3 is 2.67 bits per heavy atom. The van der Waals surface area contributed by atoms with Crippen LogP contribution in [-0.4, -0.2) is 29.7 Å². The Bertz CT molecular complexity index is 577. The van der Waals surface area contributed by atoms with Crippen molar-refractivity contribution in [3.8, 4) is 11.1 Å². The molecule has 0 amide bonds. The van der Waals surface area contributed by atoms with Crippen LogP contribution in [0.4, 0.5) is 11.4 Å². The highest BCUT2D eigenvalue weighted by Crippen LogP contribution is 2.33. The van der Waals surface area contributed by atoms with Gasteiger partial charge in [-0.3, -0.25) is 4.90 Å². The first kappa shape index (κ1) is 15.8. The molecule has 0 radical (unpaired) electrons. The number of aliphatic hydroxyl groups is 1. The third-order valence-electron chi connectivity index (χ3n) is 3.46. The van der Waals surface area contributed by atoms with Crippen molar-refractivity contribution in [2.45, 2.75) is 19.9 Å². The summed E-state index contributed by atoms with van der Waals surface area (Å²) in [5.74, 6) is 0. The highest BCUT2D eigenvalue weighted by Gasteiger charge is 2.13. The van der Waals surface area contributed by atoms with Gasteiger partial charge in [0.15, 0.2) is 0 Å². The first-order valence-corrected chi connectivity index (χ1v) is 8.13. The minimum absolute atomic E-state index is 0.180. The fourth-order valence-corrected chi connectivity index (χ4v) is 3.31. The largest absolute Gasteiger partial charge is 0.399 e. The average molecular weight is 305 g/mol. The zero-order valence-corrected chi connectivity index (χ0v) is 13.2. The number of thiophene rings is 1. The molecule has 2 rings (SSSR count). The van der Waals surface area contributed by atoms with E-state index in [0.29, 0.717) is 6.54 Å². The van der Waals surface area contributed by atoms with Crippen LogP contribution in [0.3, 0.4) is 0 Å². The number of nitrogens with zero attached hydrogens (tertiary/aromatic N) is 1. The zero-order valence-electron chi connectivity index (χ0n) is 12.4. The number of aliphatic hydroxyl groups excluding tert-OH is 1. The van der Waals surface area contributed by atoms with Gasteiger partial charge in [-0.2, -0.15) is 11.3 Å². The van der Waals surface area contributed by atoms with Gasteiger partial charge in [0.2, 0.25) is 0 Å². The van der Waals surface area contributed by atoms with E-state index in [-0.39, 0.29) is 6.61 Å². The SMILES string of the molecule is CCCN(CCO)Cc1cscc1-c1cc(N)ccc1N. The van der Waals surface area contributed by atoms with Gasteiger partial charge in [-0.25, -0.2) is 0 Å². The quantitative estimate of drug-likeness (QED) is 0.688. The Morgan fingerprint density at radius 1 is 1.14 bits per heavy atom. The van der Waals surface area contributed by atoms with Crippen LogP contribution in [0.25, 0.3) is 11.1 Å². The van der Waals surface area contributed by atoms with Gasteiger partial charge in [0, 0.05) is 30.0 Å². The van der Waals surface area contributed by atoms with Gasteiger partial charge < -0.3 is 16.6 Å². The van der Waals surface area contributed by atoms with Crippen LogP contribution < -0.4 is 11.5 Å². The predicted octanol–water partition coefficient (Wildman–Crippen LogP) is 2.78. The molecule has 0 saturated heterocycles. The van der Waals surface area contributed by atoms with Crippen molar-refractivity contribution in [3.05, 3.63) is 34.5 Å². The lowest BCUT2D eigenvalue weighted by Crippen LogP contribution is -2.27. The standard InChI is InChI=1S/C16H23N3OS/c1-2-5-19(6-7-20)9-12-10-21-11-15(12)14-8-13(17)3-4-16(14)18/h3-4,8,10-11,20H,2,5-7,9,17-18H2,1H3. The molecule has 0 saturated carbocycles. The van der Waals surface area contributed by atoms with Gasteiger partial charge in [0.1, 0.15) is 0 Å². The average Bonchev–Trinajstić information content (AvgIpc) is 2.90. The molecule has 21 heavy (non-hydrogen) atoms. The van der Waals surface area contributed by atoms with Gasteiger partial charge in [-0.05, 0) is 53.1 Å². The van der Waals surface area contributed by atoms with Crippen molar-refractivity contribution in [1.82, 2.24) is 4.90 Å². The second kappa shape index (κ2) is 7.45. The highest BCUT2D eigenvalue weighted by atomic mass is 32.1. The third kappa shape index (κ3) is 3.97. The molecule has 1 aromatic carbocycles. The van der Waals surface area contributed by atoms with Crippen LogP contribution in [-0.2, 0) is 6.54 Å². The Balaban J connectivity index is 2.27. The first-order chi connectivity index (χ1) is 10.2. The van der Waals surface area contributed by atoms with E-state index in [4.69, 9.17) is 11.5 Å². The number of hydrogen-bond acceptors (Lipinski definition) is 5. The lowest BCUT2D eigenvalue weighted by atomic mass is 10.0. The molecule has 2 aromatic rings. The molecule has 0 bridgehead atoms. The van der Waals surface area contributed by atoms with Crippen molar-refractivity contribution in [2.24, 2.45) is 0 Å². The summed E-state index contributed by atoms with van der Waals surface area (Å²) in [5, 5.41) is 13.4. The van der Waals surface area contributed by atoms with Crippen LogP contribution in [0.5, 0.6) is 0 Å². The Labute approximate surface area is 130 Å². The molecular formula is C16H23N3OS. The first-order valence-electron chi connectivity index (χ1n) is 7.19. The van der Waals surface area contributed by atoms with E-state index < -0.39 is 0 Å². The fourth-order valence-electron chi connectivity index (χ4n) is 2.46. The minimum Gasteiger partial charge on any atom is -0.399 e. The molecule has 0 aliphatic rings. The molecule has 5 N–H and O–H groups in total. The second-order valence-electron chi connectivity index (χ2n) is 5.16. The molecule has 0 aliphatic heterocycles. The maximum Gasteiger partial charge on any atom is 0.0558 e. The third-order valence-corrected chi connectivity index (χ3v) is 4.25. The summed E-state index contributed by atoms with van der Waals surface area (Å²) in [6.45, 7) is 4.81. The Hall–Kier alpha value is -1.56. The van der Waals surface area contributed by atoms with Crippen LogP contribution in [0.1, 0.15) is 18.9 Å². The summed E-state index contributed by atoms with van der Waals surface area (Å²) < 4.78 is 0. The van der Waals surface area contributed by atoms with E-state index in [2.05, 4.69) is 22.6 Å². The summed E-state index contributed by atoms with van der Waals surface area (Å²) in [6, 6.07) is 5.60. The number of rotatable bonds is 7. The van der Waals surface area contributed by atoms with E-state index in [9.17, 15) is 5.11 Å². The maximum atomic E-state index is 9.18. The molecule has 0 atom stereocenters. The molecule has 1 aromatic heterocycles. The van der Waals surface area contributed by atoms with E-state index in [1.165, 1.54) is 5.56 Å². The second-order valence-corrected chi connectivity index (χ2v) is 5.90. The zero-order chi connectivity index (χ0) is 15.2. The number of hydrogen-bond donors (Lipinski definition) is 3. The molecule has 4 nitrogen and oxygen atoms in total. The van der Waals surface area contributed by atoms with E-state index >= 15 is 0 Å². The van der Waals surface area contributed by atoms with Crippen molar-refractivity contribution < 1.29 is 5.11 Å². The molecule has 5 heteroatoms. The number of nitrogens with two attached hydrogens (primary N) is 2. The van der Waals surface area contributed by atoms with Crippen LogP contribution >= 0.6 is 11.3 Å². The monoisotopic (exact) mass is 305 g/mol. The topological polar surface area (TPSA) is 75.5 Å². The maximum absolute atomic E-state index is 9.18. The Morgan fingerprint density at radius 2 is 1.95 bits per heavy atom. The van der Waals surface area contributed by atoms with Gasteiger partial charge in [-0.15, -0.1) is 0 Å². The minimum atomic E-state index is 0.180. The summed E-state index contributed by atoms with van der Waals surface area (Å²) >= 11 is 1.67. The van der Waals surface area contributed by atoms with Crippen molar-refractivity contribution >= 4 is 22.7 Å². The van der Waals surface area contributed by atoms with Gasteiger partial charge in [0.25, 0.3) is 0 Å². The molecule has 0 aliphatic carbocycles. The van der Waals surface area contributed by atoms with Gasteiger partial charge >= 0.3 is 0 Å². The summed E-state index contributed by atoms with van der Waals surface area (Å²) in [5.41, 5.74) is 16.8. The summed E-state index contributed by atoms with van der Waals surface area (Å²) in [7, 11) is 0. The summed E-state index contributed by atoms with van der Waals surface area (Å²) in [6.07, 6.45) is 1.07. The molecular weight excluding hydrogens is 282 g/mol. The lowest BCUT2D eigenvalue weighted by Gasteiger charge is -2.21. The molecule has 114 valence electrons. The smallest absolute Gasteiger partial charge is 0.0558 e. The lowest BCUT2D eigenvalue weighted by molar-refractivity contribution is 0.190. The molecule has 1 heterocycles. The number of benzene rings is 1. The normalized spacial score (nSPS) is 11.2. The predicted molar refractivity (Wildman–Crippen MR) is 91.2 cm³/mol. The van der Waals surface area contributed by atoms with Crippen molar-refractivity contribution in [2.75, 3.05) is 31.2 Å². The number of nitrogen functional groups attached to an aromatic ring is 2. The van der Waals surface area contributed by atoms with Crippen LogP contribution in [0.15, 0.2) is 29.0 Å². The van der Waals surface area contributed by atoms with Crippen LogP contribution in [0.2, 0.25) is 0 Å². The van der Waals surface area contributed by atoms with E-state index in [0.717, 1.165) is 42.0 Å². The molecule has 0 spiro atoms. The summed E-state index contributed by atoms with van der Waals surface area (Å²) in [4.78, 5) is 2.26. The highest BCUT2D eigenvalue weighted by molar-refractivity contribution is 7.08. The molecule has 0 fully saturated rings.